The summed E-state index contributed by atoms with van der Waals surface area (Å²) in [5, 5.41) is 0. The molecule has 0 radical (unpaired) electrons. The lowest BCUT2D eigenvalue weighted by Gasteiger charge is -2.34. The van der Waals surface area contributed by atoms with Gasteiger partial charge in [-0.15, -0.1) is 0 Å². The number of aliphatic imine (C=N–C) groups is 2. The van der Waals surface area contributed by atoms with Crippen LogP contribution in [-0.2, 0) is 18.3 Å². The smallest absolute Gasteiger partial charge is 0.250 e. The molecule has 0 bridgehead atoms. The molecule has 3 aromatic rings. The predicted octanol–water partition coefficient (Wildman–Crippen LogP) is 0.622. The fraction of sp³-hybridized carbons (Fsp3) is 0.261. The quantitative estimate of drug-likeness (QED) is 0.546. The standard InChI is InChI=1S/C23H24FN7O3/c1-30(2)15-6-4-5-13(17(15)24)11-23(26)20(21(25)33)28-18(14-7-8-16(32)31(3)12-14)19(29-23)22-27-9-10-34-22/h4-10,12,20H,11,26H2,1-3H3,(H2,25,33). The van der Waals surface area contributed by atoms with Gasteiger partial charge in [-0.2, -0.15) is 0 Å². The number of amides is 1. The van der Waals surface area contributed by atoms with Crippen LogP contribution in [0, 0.1) is 5.82 Å². The molecular formula is C23H24FN7O3. The Hall–Kier alpha value is -4.12. The first kappa shape index (κ1) is 23.1. The van der Waals surface area contributed by atoms with Crippen LogP contribution in [0.25, 0.3) is 0 Å². The normalized spacial score (nSPS) is 20.0. The Morgan fingerprint density at radius 1 is 1.26 bits per heavy atom. The molecule has 0 saturated carbocycles. The average Bonchev–Trinajstić information content (AvgIpc) is 3.31. The number of pyridine rings is 1. The fourth-order valence-electron chi connectivity index (χ4n) is 3.86. The van der Waals surface area contributed by atoms with Crippen LogP contribution in [0.2, 0.25) is 0 Å². The number of anilines is 1. The summed E-state index contributed by atoms with van der Waals surface area (Å²) in [5.74, 6) is -1.21. The maximum absolute atomic E-state index is 15.2. The second-order valence-corrected chi connectivity index (χ2v) is 8.26. The van der Waals surface area contributed by atoms with Crippen LogP contribution < -0.4 is 21.9 Å². The number of aromatic nitrogens is 2. The molecule has 10 nitrogen and oxygen atoms in total. The van der Waals surface area contributed by atoms with Gasteiger partial charge in [0, 0.05) is 45.4 Å². The van der Waals surface area contributed by atoms with Gasteiger partial charge in [-0.1, -0.05) is 12.1 Å². The third-order valence-electron chi connectivity index (χ3n) is 5.55. The molecule has 1 aliphatic rings. The molecule has 4 rings (SSSR count). The number of carbonyl (C=O) groups is 1. The van der Waals surface area contributed by atoms with Gasteiger partial charge in [-0.3, -0.25) is 19.6 Å². The van der Waals surface area contributed by atoms with E-state index in [0.29, 0.717) is 11.3 Å². The molecule has 1 amide bonds. The number of hydrogen-bond donors (Lipinski definition) is 2. The molecule has 2 unspecified atom stereocenters. The Labute approximate surface area is 194 Å². The third kappa shape index (κ3) is 4.13. The molecule has 34 heavy (non-hydrogen) atoms. The second kappa shape index (κ2) is 8.67. The number of nitrogens with two attached hydrogens (primary N) is 2. The van der Waals surface area contributed by atoms with Crippen molar-refractivity contribution in [1.82, 2.24) is 9.55 Å². The van der Waals surface area contributed by atoms with Crippen LogP contribution in [0.5, 0.6) is 0 Å². The number of aryl methyl sites for hydroxylation is 1. The van der Waals surface area contributed by atoms with Crippen molar-refractivity contribution in [2.75, 3.05) is 19.0 Å². The van der Waals surface area contributed by atoms with E-state index >= 15 is 4.39 Å². The number of halogens is 1. The minimum atomic E-state index is -1.72. The molecule has 2 aromatic heterocycles. The SMILES string of the molecule is CN(C)c1cccc(CC2(N)N=C(c3ncco3)C(c3ccc(=O)n(C)c3)=NC2C(N)=O)c1F. The molecule has 176 valence electrons. The monoisotopic (exact) mass is 465 g/mol. The number of carbonyl (C=O) groups excluding carboxylic acids is 1. The highest BCUT2D eigenvalue weighted by Crippen LogP contribution is 2.30. The summed E-state index contributed by atoms with van der Waals surface area (Å²) in [6.45, 7) is 0. The zero-order chi connectivity index (χ0) is 24.6. The Morgan fingerprint density at radius 3 is 2.65 bits per heavy atom. The van der Waals surface area contributed by atoms with Crippen molar-refractivity contribution < 1.29 is 13.6 Å². The van der Waals surface area contributed by atoms with Gasteiger partial charge >= 0.3 is 0 Å². The molecule has 2 atom stereocenters. The van der Waals surface area contributed by atoms with E-state index in [1.807, 2.05) is 0 Å². The molecule has 11 heteroatoms. The highest BCUT2D eigenvalue weighted by Gasteiger charge is 2.44. The average molecular weight is 465 g/mol. The maximum atomic E-state index is 15.2. The van der Waals surface area contributed by atoms with Crippen molar-refractivity contribution in [2.45, 2.75) is 18.1 Å². The Morgan fingerprint density at radius 2 is 2.03 bits per heavy atom. The molecule has 4 N–H and O–H groups in total. The van der Waals surface area contributed by atoms with Crippen LogP contribution in [0.4, 0.5) is 10.1 Å². The summed E-state index contributed by atoms with van der Waals surface area (Å²) in [4.78, 5) is 39.3. The number of hydrogen-bond acceptors (Lipinski definition) is 8. The van der Waals surface area contributed by atoms with Gasteiger partial charge in [0.1, 0.15) is 23.5 Å². The van der Waals surface area contributed by atoms with E-state index in [4.69, 9.17) is 15.9 Å². The van der Waals surface area contributed by atoms with Gasteiger partial charge in [-0.05, 0) is 17.7 Å². The van der Waals surface area contributed by atoms with E-state index in [1.165, 1.54) is 23.1 Å². The van der Waals surface area contributed by atoms with Crippen molar-refractivity contribution in [3.63, 3.8) is 0 Å². The highest BCUT2D eigenvalue weighted by atomic mass is 19.1. The van der Waals surface area contributed by atoms with Crippen molar-refractivity contribution in [3.8, 4) is 0 Å². The molecule has 1 aliphatic heterocycles. The van der Waals surface area contributed by atoms with E-state index in [9.17, 15) is 9.59 Å². The second-order valence-electron chi connectivity index (χ2n) is 8.26. The summed E-state index contributed by atoms with van der Waals surface area (Å²) < 4.78 is 22.0. The fourth-order valence-corrected chi connectivity index (χ4v) is 3.86. The van der Waals surface area contributed by atoms with Crippen molar-refractivity contribution in [3.05, 3.63) is 82.2 Å². The minimum Gasteiger partial charge on any atom is -0.443 e. The summed E-state index contributed by atoms with van der Waals surface area (Å²) in [6.07, 6.45) is 4.16. The molecule has 0 spiro atoms. The lowest BCUT2D eigenvalue weighted by atomic mass is 9.89. The van der Waals surface area contributed by atoms with Gasteiger partial charge in [0.05, 0.1) is 17.6 Å². The molecule has 0 saturated heterocycles. The van der Waals surface area contributed by atoms with Crippen molar-refractivity contribution in [2.24, 2.45) is 28.5 Å². The Bertz CT molecular complexity index is 1360. The van der Waals surface area contributed by atoms with Gasteiger partial charge in [0.2, 0.25) is 17.4 Å². The molecule has 0 fully saturated rings. The lowest BCUT2D eigenvalue weighted by Crippen LogP contribution is -2.59. The molecular weight excluding hydrogens is 441 g/mol. The van der Waals surface area contributed by atoms with Crippen LogP contribution in [0.3, 0.4) is 0 Å². The summed E-state index contributed by atoms with van der Waals surface area (Å²) >= 11 is 0. The number of oxazole rings is 1. The van der Waals surface area contributed by atoms with Crippen LogP contribution in [0.15, 0.2) is 68.2 Å². The van der Waals surface area contributed by atoms with Crippen LogP contribution >= 0.6 is 0 Å². The molecule has 1 aromatic carbocycles. The van der Waals surface area contributed by atoms with Gasteiger partial charge in [-0.25, -0.2) is 9.37 Å². The first-order chi connectivity index (χ1) is 16.1. The first-order valence-corrected chi connectivity index (χ1v) is 10.4. The zero-order valence-electron chi connectivity index (χ0n) is 18.9. The topological polar surface area (TPSA) is 145 Å². The zero-order valence-corrected chi connectivity index (χ0v) is 18.9. The van der Waals surface area contributed by atoms with Gasteiger partial charge in [0.25, 0.3) is 0 Å². The predicted molar refractivity (Wildman–Crippen MR) is 126 cm³/mol. The number of nitrogens with zero attached hydrogens (tertiary/aromatic N) is 5. The summed E-state index contributed by atoms with van der Waals surface area (Å²) in [5.41, 5.74) is 11.8. The third-order valence-corrected chi connectivity index (χ3v) is 5.55. The first-order valence-electron chi connectivity index (χ1n) is 10.4. The largest absolute Gasteiger partial charge is 0.443 e. The minimum absolute atomic E-state index is 0.105. The number of benzene rings is 1. The lowest BCUT2D eigenvalue weighted by molar-refractivity contribution is -0.120. The molecule has 0 aliphatic carbocycles. The highest BCUT2D eigenvalue weighted by molar-refractivity contribution is 6.53. The van der Waals surface area contributed by atoms with Crippen molar-refractivity contribution >= 4 is 23.0 Å². The number of rotatable bonds is 6. The summed E-state index contributed by atoms with van der Waals surface area (Å²) in [6, 6.07) is 6.48. The van der Waals surface area contributed by atoms with E-state index in [1.54, 1.807) is 56.5 Å². The van der Waals surface area contributed by atoms with Crippen LogP contribution in [-0.4, -0.2) is 52.7 Å². The van der Waals surface area contributed by atoms with Gasteiger partial charge < -0.3 is 25.4 Å². The van der Waals surface area contributed by atoms with E-state index in [2.05, 4.69) is 15.0 Å². The van der Waals surface area contributed by atoms with E-state index in [0.717, 1.165) is 0 Å². The number of primary amides is 1. The Balaban J connectivity index is 1.88. The summed E-state index contributed by atoms with van der Waals surface area (Å²) in [7, 11) is 5.02. The van der Waals surface area contributed by atoms with Crippen molar-refractivity contribution in [1.29, 1.82) is 0 Å². The van der Waals surface area contributed by atoms with E-state index in [-0.39, 0.29) is 34.9 Å². The van der Waals surface area contributed by atoms with Gasteiger partial charge in [0.15, 0.2) is 6.04 Å². The Kier molecular flexibility index (Phi) is 5.88. The van der Waals surface area contributed by atoms with Crippen LogP contribution in [0.1, 0.15) is 17.0 Å². The maximum Gasteiger partial charge on any atom is 0.250 e. The molecule has 3 heterocycles. The van der Waals surface area contributed by atoms with E-state index < -0.39 is 23.4 Å².